The summed E-state index contributed by atoms with van der Waals surface area (Å²) in [4.78, 5) is 9.31. The Balaban J connectivity index is 1.75. The maximum absolute atomic E-state index is 13.0. The number of hydrogen-bond donors (Lipinski definition) is 3. The minimum atomic E-state index is -3.55. The summed E-state index contributed by atoms with van der Waals surface area (Å²) in [5.41, 5.74) is 4.28. The van der Waals surface area contributed by atoms with E-state index in [0.29, 0.717) is 23.4 Å². The lowest BCUT2D eigenvalue weighted by Gasteiger charge is -2.48. The Hall–Kier alpha value is -2.49. The first-order valence-electron chi connectivity index (χ1n) is 15.2. The third-order valence-electron chi connectivity index (χ3n) is 8.00. The number of nitrogens with zero attached hydrogens (tertiary/aromatic N) is 2. The zero-order valence-corrected chi connectivity index (χ0v) is 29.5. The van der Waals surface area contributed by atoms with Gasteiger partial charge in [-0.1, -0.05) is 34.8 Å². The van der Waals surface area contributed by atoms with E-state index in [2.05, 4.69) is 78.1 Å². The minimum Gasteiger partial charge on any atom is -0.495 e. The summed E-state index contributed by atoms with van der Waals surface area (Å²) < 4.78 is 32.6. The first kappa shape index (κ1) is 34.4. The van der Waals surface area contributed by atoms with Gasteiger partial charge in [-0.05, 0) is 87.8 Å². The molecule has 0 atom stereocenters. The number of aromatic nitrogens is 2. The number of rotatable bonds is 9. The molecule has 8 nitrogen and oxygen atoms in total. The molecule has 3 aromatic rings. The number of sulfone groups is 1. The summed E-state index contributed by atoms with van der Waals surface area (Å²) in [5, 5.41) is 10.0. The normalized spacial score (nSPS) is 16.9. The second-order valence-electron chi connectivity index (χ2n) is 14.5. The second-order valence-corrected chi connectivity index (χ2v) is 17.4. The van der Waals surface area contributed by atoms with Gasteiger partial charge in [0, 0.05) is 0 Å². The summed E-state index contributed by atoms with van der Waals surface area (Å²) in [6, 6.07) is 8.93. The van der Waals surface area contributed by atoms with E-state index in [1.807, 2.05) is 21.7 Å². The lowest BCUT2D eigenvalue weighted by molar-refractivity contribution is 0.199. The third-order valence-corrected chi connectivity index (χ3v) is 10.5. The maximum Gasteiger partial charge on any atom is 0.229 e. The SMILES string of the molecule is Bc1c(C)c(C2CC(B)(B)NC(B)(B)C2)cc(OC(B)(C)C)c1Nc1ncc(Cl)c(Nc2ccccc2S(=O)(=O)C(C)C)n1. The highest BCUT2D eigenvalue weighted by Gasteiger charge is 2.39. The fourth-order valence-electron chi connectivity index (χ4n) is 6.27. The van der Waals surface area contributed by atoms with Crippen molar-refractivity contribution in [3.05, 3.63) is 52.7 Å². The Bertz CT molecular complexity index is 1650. The van der Waals surface area contributed by atoms with E-state index in [0.717, 1.165) is 29.7 Å². The van der Waals surface area contributed by atoms with Gasteiger partial charge in [0.2, 0.25) is 5.95 Å². The molecule has 1 saturated heterocycles. The quantitative estimate of drug-likeness (QED) is 0.271. The molecule has 0 amide bonds. The van der Waals surface area contributed by atoms with Crippen molar-refractivity contribution in [1.29, 1.82) is 0 Å². The predicted molar refractivity (Wildman–Crippen MR) is 200 cm³/mol. The summed E-state index contributed by atoms with van der Waals surface area (Å²) in [6.45, 7) is 9.55. The van der Waals surface area contributed by atoms with Crippen LogP contribution in [-0.4, -0.2) is 86.9 Å². The van der Waals surface area contributed by atoms with Gasteiger partial charge in [-0.3, -0.25) is 0 Å². The molecule has 3 N–H and O–H groups in total. The average molecular weight is 629 g/mol. The predicted octanol–water partition coefficient (Wildman–Crippen LogP) is -0.579. The summed E-state index contributed by atoms with van der Waals surface area (Å²) in [7, 11) is 9.66. The minimum absolute atomic E-state index is 0.00238. The first-order chi connectivity index (χ1) is 20.2. The summed E-state index contributed by atoms with van der Waals surface area (Å²) >= 11 is 6.51. The number of anilines is 4. The van der Waals surface area contributed by atoms with Crippen molar-refractivity contribution in [2.24, 2.45) is 0 Å². The number of nitrogens with one attached hydrogen (secondary N) is 3. The molecule has 16 heteroatoms. The van der Waals surface area contributed by atoms with E-state index in [9.17, 15) is 8.42 Å². The van der Waals surface area contributed by atoms with Crippen LogP contribution in [0.25, 0.3) is 0 Å². The Kier molecular flexibility index (Phi) is 9.66. The number of ether oxygens (including phenoxy) is 1. The summed E-state index contributed by atoms with van der Waals surface area (Å²) in [5.74, 6) is 1.69. The van der Waals surface area contributed by atoms with Crippen LogP contribution in [0.3, 0.4) is 0 Å². The molecule has 1 aliphatic heterocycles. The zero-order chi connectivity index (χ0) is 32.8. The fourth-order valence-corrected chi connectivity index (χ4v) is 7.61. The van der Waals surface area contributed by atoms with Crippen LogP contribution in [0.2, 0.25) is 5.02 Å². The zero-order valence-electron chi connectivity index (χ0n) is 27.9. The van der Waals surface area contributed by atoms with Crippen LogP contribution in [-0.2, 0) is 9.84 Å². The molecule has 2 heterocycles. The molecule has 44 heavy (non-hydrogen) atoms. The number of para-hydroxylation sites is 1. The van der Waals surface area contributed by atoms with Crippen molar-refractivity contribution in [3.63, 3.8) is 0 Å². The Labute approximate surface area is 273 Å². The maximum atomic E-state index is 13.0. The number of halogens is 1. The molecule has 2 aromatic carbocycles. The van der Waals surface area contributed by atoms with Crippen molar-refractivity contribution in [1.82, 2.24) is 15.3 Å². The molecule has 1 fully saturated rings. The van der Waals surface area contributed by atoms with Crippen LogP contribution in [0.5, 0.6) is 5.75 Å². The van der Waals surface area contributed by atoms with Crippen molar-refractivity contribution in [2.45, 2.75) is 79.7 Å². The molecule has 1 aromatic heterocycles. The molecule has 0 bridgehead atoms. The van der Waals surface area contributed by atoms with E-state index in [1.54, 1.807) is 38.1 Å². The van der Waals surface area contributed by atoms with Gasteiger partial charge in [0.25, 0.3) is 0 Å². The van der Waals surface area contributed by atoms with Gasteiger partial charge < -0.3 is 20.7 Å². The van der Waals surface area contributed by atoms with Gasteiger partial charge in [0.05, 0.1) is 33.2 Å². The van der Waals surface area contributed by atoms with Crippen molar-refractivity contribution < 1.29 is 13.2 Å². The van der Waals surface area contributed by atoms with Crippen LogP contribution in [0.15, 0.2) is 41.4 Å². The van der Waals surface area contributed by atoms with Crippen LogP contribution in [0.1, 0.15) is 57.6 Å². The van der Waals surface area contributed by atoms with Crippen LogP contribution < -0.4 is 26.2 Å². The highest BCUT2D eigenvalue weighted by Crippen LogP contribution is 2.41. The van der Waals surface area contributed by atoms with Crippen LogP contribution in [0, 0.1) is 6.92 Å². The van der Waals surface area contributed by atoms with Gasteiger partial charge >= 0.3 is 0 Å². The van der Waals surface area contributed by atoms with Crippen LogP contribution >= 0.6 is 11.6 Å². The molecule has 4 rings (SSSR count). The number of hydrogen-bond acceptors (Lipinski definition) is 8. The Morgan fingerprint density at radius 1 is 1.11 bits per heavy atom. The molecule has 1 aliphatic rings. The van der Waals surface area contributed by atoms with E-state index >= 15 is 0 Å². The Morgan fingerprint density at radius 2 is 1.73 bits per heavy atom. The molecule has 0 unspecified atom stereocenters. The highest BCUT2D eigenvalue weighted by molar-refractivity contribution is 7.92. The highest BCUT2D eigenvalue weighted by atomic mass is 35.5. The van der Waals surface area contributed by atoms with Gasteiger partial charge in [-0.25, -0.2) is 13.4 Å². The standard InChI is InChI=1S/C28H42B6ClN5O3S/c1-14(2)44(41,42)21-9-7-6-8-19(21)37-24-18(35)13-36-25(39-24)38-23-20(43-26(4,5)30)10-17(15(3)22(23)29)16-11-27(31,32)40-28(33,34)12-16/h6-10,13-14,16,40H,11-12,29-34H2,1-5H3,(H2,36,37,38,39). The second kappa shape index (κ2) is 12.4. The topological polar surface area (TPSA) is 105 Å². The summed E-state index contributed by atoms with van der Waals surface area (Å²) in [6.07, 6.45) is 3.53. The number of piperidine rings is 1. The van der Waals surface area contributed by atoms with E-state index in [-0.39, 0.29) is 20.6 Å². The molecule has 0 saturated carbocycles. The van der Waals surface area contributed by atoms with Crippen molar-refractivity contribution in [3.8, 4) is 5.75 Å². The monoisotopic (exact) mass is 629 g/mol. The van der Waals surface area contributed by atoms with Crippen LogP contribution in [0.4, 0.5) is 23.1 Å². The molecule has 0 radical (unpaired) electrons. The molecular formula is C28H42B6ClN5O3S. The average Bonchev–Trinajstić information content (AvgIpc) is 2.87. The molecular weight excluding hydrogens is 587 g/mol. The Morgan fingerprint density at radius 3 is 2.32 bits per heavy atom. The van der Waals surface area contributed by atoms with E-state index in [1.165, 1.54) is 17.3 Å². The lowest BCUT2D eigenvalue weighted by atomic mass is 9.46. The largest absolute Gasteiger partial charge is 0.495 e. The third kappa shape index (κ3) is 7.83. The van der Waals surface area contributed by atoms with Crippen molar-refractivity contribution >= 4 is 97.1 Å². The molecule has 0 aliphatic carbocycles. The van der Waals surface area contributed by atoms with Crippen molar-refractivity contribution in [2.75, 3.05) is 10.6 Å². The first-order valence-corrected chi connectivity index (χ1v) is 17.1. The molecule has 0 spiro atoms. The lowest BCUT2D eigenvalue weighted by Crippen LogP contribution is -2.64. The smallest absolute Gasteiger partial charge is 0.229 e. The van der Waals surface area contributed by atoms with E-state index in [4.69, 9.17) is 16.3 Å². The van der Waals surface area contributed by atoms with Gasteiger partial charge in [-0.2, -0.15) is 4.98 Å². The van der Waals surface area contributed by atoms with Gasteiger partial charge in [0.15, 0.2) is 23.5 Å². The van der Waals surface area contributed by atoms with Gasteiger partial charge in [-0.15, -0.1) is 0 Å². The molecule has 228 valence electrons. The number of benzene rings is 2. The van der Waals surface area contributed by atoms with E-state index < -0.39 is 20.6 Å². The van der Waals surface area contributed by atoms with Gasteiger partial charge in [0.1, 0.15) is 50.0 Å². The fraction of sp³-hybridized carbons (Fsp3) is 0.429.